The van der Waals surface area contributed by atoms with Crippen LogP contribution in [0.15, 0.2) is 47.9 Å². The highest BCUT2D eigenvalue weighted by atomic mass is 32.2. The molecule has 2 heterocycles. The smallest absolute Gasteiger partial charge is 0.209 e. The fraction of sp³-hybridized carbons (Fsp3) is 0.125. The van der Waals surface area contributed by atoms with Gasteiger partial charge in [0.15, 0.2) is 0 Å². The lowest BCUT2D eigenvalue weighted by molar-refractivity contribution is 0.968. The van der Waals surface area contributed by atoms with E-state index in [1.165, 1.54) is 11.8 Å². The van der Waals surface area contributed by atoms with Crippen molar-refractivity contribution in [1.82, 2.24) is 25.1 Å². The van der Waals surface area contributed by atoms with Crippen molar-refractivity contribution in [3.8, 4) is 0 Å². The van der Waals surface area contributed by atoms with E-state index in [9.17, 15) is 0 Å². The van der Waals surface area contributed by atoms with Crippen LogP contribution in [-0.4, -0.2) is 25.1 Å². The summed E-state index contributed by atoms with van der Waals surface area (Å²) >= 11 is 1.53. The fourth-order valence-corrected chi connectivity index (χ4v) is 2.47. The monoisotopic (exact) mass is 309 g/mol. The van der Waals surface area contributed by atoms with E-state index in [1.807, 2.05) is 49.4 Å². The average Bonchev–Trinajstić information content (AvgIpc) is 3.01. The Labute approximate surface area is 132 Å². The number of aromatic nitrogens is 5. The molecule has 3 rings (SSSR count). The van der Waals surface area contributed by atoms with Crippen LogP contribution in [0.2, 0.25) is 0 Å². The Hall–Kier alpha value is -2.47. The molecule has 2 aromatic heterocycles. The van der Waals surface area contributed by atoms with Crippen LogP contribution in [-0.2, 0) is 5.75 Å². The Balaban J connectivity index is 1.59. The molecule has 0 fully saturated rings. The zero-order valence-electron chi connectivity index (χ0n) is 12.1. The van der Waals surface area contributed by atoms with Crippen LogP contribution in [0.1, 0.15) is 22.8 Å². The van der Waals surface area contributed by atoms with Crippen LogP contribution in [0.4, 0.5) is 0 Å². The highest BCUT2D eigenvalue weighted by molar-refractivity contribution is 7.98. The van der Waals surface area contributed by atoms with Crippen molar-refractivity contribution in [3.63, 3.8) is 0 Å². The molecule has 5 nitrogen and oxygen atoms in total. The SMILES string of the molecule is Cc1cnc(CSc2n[nH]c(C=Cc3ccccc3)n2)cn1. The number of thioether (sulfide) groups is 1. The lowest BCUT2D eigenvalue weighted by Crippen LogP contribution is -1.90. The Bertz CT molecular complexity index is 750. The van der Waals surface area contributed by atoms with Crippen molar-refractivity contribution >= 4 is 23.9 Å². The standard InChI is InChI=1S/C16H15N5S/c1-12-9-18-14(10-17-12)11-22-16-19-15(20-21-16)8-7-13-5-3-2-4-6-13/h2-10H,11H2,1H3,(H,19,20,21). The van der Waals surface area contributed by atoms with Gasteiger partial charge < -0.3 is 0 Å². The molecule has 0 atom stereocenters. The third kappa shape index (κ3) is 4.02. The Morgan fingerprint density at radius 2 is 1.95 bits per heavy atom. The molecule has 0 radical (unpaired) electrons. The number of aryl methyl sites for hydroxylation is 1. The largest absolute Gasteiger partial charge is 0.259 e. The summed E-state index contributed by atoms with van der Waals surface area (Å²) in [6.45, 7) is 1.92. The van der Waals surface area contributed by atoms with Gasteiger partial charge in [-0.25, -0.2) is 4.98 Å². The fourth-order valence-electron chi connectivity index (χ4n) is 1.77. The summed E-state index contributed by atoms with van der Waals surface area (Å²) < 4.78 is 0. The summed E-state index contributed by atoms with van der Waals surface area (Å²) in [7, 11) is 0. The molecule has 1 N–H and O–H groups in total. The van der Waals surface area contributed by atoms with Gasteiger partial charge in [-0.15, -0.1) is 5.10 Å². The van der Waals surface area contributed by atoms with E-state index in [2.05, 4.69) is 25.1 Å². The van der Waals surface area contributed by atoms with Gasteiger partial charge in [0.1, 0.15) is 5.82 Å². The molecule has 0 saturated heterocycles. The first-order chi connectivity index (χ1) is 10.8. The molecule has 0 aliphatic carbocycles. The van der Waals surface area contributed by atoms with E-state index >= 15 is 0 Å². The van der Waals surface area contributed by atoms with Gasteiger partial charge >= 0.3 is 0 Å². The first kappa shape index (κ1) is 14.5. The molecule has 6 heteroatoms. The molecule has 0 bridgehead atoms. The molecule has 110 valence electrons. The zero-order chi connectivity index (χ0) is 15.2. The molecule has 0 amide bonds. The minimum atomic E-state index is 0.701. The molecule has 0 aliphatic heterocycles. The summed E-state index contributed by atoms with van der Waals surface area (Å²) in [5.74, 6) is 1.44. The van der Waals surface area contributed by atoms with Gasteiger partial charge in [0, 0.05) is 18.1 Å². The number of benzene rings is 1. The summed E-state index contributed by atoms with van der Waals surface area (Å²) in [5.41, 5.74) is 2.96. The summed E-state index contributed by atoms with van der Waals surface area (Å²) in [5, 5.41) is 7.81. The first-order valence-corrected chi connectivity index (χ1v) is 7.84. The zero-order valence-corrected chi connectivity index (χ0v) is 12.9. The van der Waals surface area contributed by atoms with Crippen LogP contribution in [0.3, 0.4) is 0 Å². The van der Waals surface area contributed by atoms with Gasteiger partial charge in [-0.2, -0.15) is 0 Å². The number of aromatic amines is 1. The summed E-state index contributed by atoms with van der Waals surface area (Å²) in [6.07, 6.45) is 7.46. The molecular formula is C16H15N5S. The molecule has 22 heavy (non-hydrogen) atoms. The average molecular weight is 309 g/mol. The number of nitrogens with one attached hydrogen (secondary N) is 1. The van der Waals surface area contributed by atoms with Gasteiger partial charge in [-0.05, 0) is 18.6 Å². The molecule has 0 aliphatic rings. The van der Waals surface area contributed by atoms with E-state index in [0.29, 0.717) is 10.9 Å². The van der Waals surface area contributed by atoms with Gasteiger partial charge in [0.2, 0.25) is 5.16 Å². The van der Waals surface area contributed by atoms with Crippen LogP contribution in [0, 0.1) is 6.92 Å². The van der Waals surface area contributed by atoms with Gasteiger partial charge in [-0.3, -0.25) is 15.1 Å². The van der Waals surface area contributed by atoms with Gasteiger partial charge in [0.25, 0.3) is 0 Å². The normalized spacial score (nSPS) is 11.1. The van der Waals surface area contributed by atoms with Crippen molar-refractivity contribution in [2.75, 3.05) is 0 Å². The summed E-state index contributed by atoms with van der Waals surface area (Å²) in [4.78, 5) is 13.0. The van der Waals surface area contributed by atoms with Crippen LogP contribution < -0.4 is 0 Å². The molecule has 0 unspecified atom stereocenters. The van der Waals surface area contributed by atoms with Gasteiger partial charge in [-0.1, -0.05) is 48.2 Å². The minimum Gasteiger partial charge on any atom is -0.259 e. The predicted molar refractivity (Wildman–Crippen MR) is 88.1 cm³/mol. The number of nitrogens with zero attached hydrogens (tertiary/aromatic N) is 4. The third-order valence-corrected chi connectivity index (χ3v) is 3.78. The van der Waals surface area contributed by atoms with E-state index in [0.717, 1.165) is 22.8 Å². The number of H-pyrrole nitrogens is 1. The number of hydrogen-bond donors (Lipinski definition) is 1. The lowest BCUT2D eigenvalue weighted by Gasteiger charge is -1.97. The van der Waals surface area contributed by atoms with Crippen LogP contribution in [0.5, 0.6) is 0 Å². The second-order valence-electron chi connectivity index (χ2n) is 4.69. The van der Waals surface area contributed by atoms with Crippen molar-refractivity contribution in [2.24, 2.45) is 0 Å². The number of hydrogen-bond acceptors (Lipinski definition) is 5. The second kappa shape index (κ2) is 7.00. The van der Waals surface area contributed by atoms with Crippen molar-refractivity contribution < 1.29 is 0 Å². The molecule has 1 aromatic carbocycles. The lowest BCUT2D eigenvalue weighted by atomic mass is 10.2. The Morgan fingerprint density at radius 1 is 1.09 bits per heavy atom. The van der Waals surface area contributed by atoms with Gasteiger partial charge in [0.05, 0.1) is 11.4 Å². The number of rotatable bonds is 5. The topological polar surface area (TPSA) is 67.3 Å². The predicted octanol–water partition coefficient (Wildman–Crippen LogP) is 3.37. The van der Waals surface area contributed by atoms with Crippen molar-refractivity contribution in [3.05, 3.63) is 65.5 Å². The molecule has 3 aromatic rings. The van der Waals surface area contributed by atoms with Crippen LogP contribution in [0.25, 0.3) is 12.2 Å². The first-order valence-electron chi connectivity index (χ1n) is 6.85. The summed E-state index contributed by atoms with van der Waals surface area (Å²) in [6, 6.07) is 10.1. The minimum absolute atomic E-state index is 0.701. The Kier molecular flexibility index (Phi) is 4.60. The maximum absolute atomic E-state index is 4.42. The molecular weight excluding hydrogens is 294 g/mol. The quantitative estimate of drug-likeness (QED) is 0.732. The van der Waals surface area contributed by atoms with Crippen molar-refractivity contribution in [2.45, 2.75) is 17.8 Å². The second-order valence-corrected chi connectivity index (χ2v) is 5.63. The van der Waals surface area contributed by atoms with E-state index in [1.54, 1.807) is 12.4 Å². The van der Waals surface area contributed by atoms with E-state index in [-0.39, 0.29) is 0 Å². The highest BCUT2D eigenvalue weighted by Gasteiger charge is 2.03. The van der Waals surface area contributed by atoms with E-state index in [4.69, 9.17) is 0 Å². The van der Waals surface area contributed by atoms with Crippen molar-refractivity contribution in [1.29, 1.82) is 0 Å². The molecule has 0 spiro atoms. The van der Waals surface area contributed by atoms with E-state index < -0.39 is 0 Å². The third-order valence-electron chi connectivity index (χ3n) is 2.90. The molecule has 0 saturated carbocycles. The van der Waals surface area contributed by atoms with Crippen LogP contribution >= 0.6 is 11.8 Å². The maximum atomic E-state index is 4.42. The maximum Gasteiger partial charge on any atom is 0.209 e. The Morgan fingerprint density at radius 3 is 2.73 bits per heavy atom. The highest BCUT2D eigenvalue weighted by Crippen LogP contribution is 2.17.